The molecule has 2 rings (SSSR count). The molecule has 2 aromatic rings. The number of rotatable bonds is 5. The van der Waals surface area contributed by atoms with Crippen LogP contribution in [0.25, 0.3) is 0 Å². The van der Waals surface area contributed by atoms with Crippen molar-refractivity contribution in [1.82, 2.24) is 0 Å². The van der Waals surface area contributed by atoms with Crippen LogP contribution in [0.2, 0.25) is 0 Å². The number of carboxylic acids is 1. The third-order valence-electron chi connectivity index (χ3n) is 3.52. The van der Waals surface area contributed by atoms with Crippen LogP contribution in [0.15, 0.2) is 42.5 Å². The molecule has 0 bridgehead atoms. The maximum absolute atomic E-state index is 11.3. The molecule has 0 aromatic heterocycles. The van der Waals surface area contributed by atoms with Crippen LogP contribution in [0, 0.1) is 0 Å². The van der Waals surface area contributed by atoms with Gasteiger partial charge in [0.2, 0.25) is 0 Å². The normalized spacial score (nSPS) is 11.9. The lowest BCUT2D eigenvalue weighted by atomic mass is 9.98. The molecule has 0 aliphatic rings. The minimum Gasteiger partial charge on any atom is -0.478 e. The first-order valence-corrected chi connectivity index (χ1v) is 6.92. The van der Waals surface area contributed by atoms with Crippen LogP contribution in [0.4, 0.5) is 5.69 Å². The second-order valence-corrected chi connectivity index (χ2v) is 5.01. The van der Waals surface area contributed by atoms with Gasteiger partial charge < -0.3 is 15.6 Å². The van der Waals surface area contributed by atoms with Gasteiger partial charge in [-0.2, -0.15) is 0 Å². The van der Waals surface area contributed by atoms with Gasteiger partial charge in [0.15, 0.2) is 0 Å². The number of ether oxygens (including phenoxy) is 1. The van der Waals surface area contributed by atoms with Gasteiger partial charge in [0.25, 0.3) is 0 Å². The van der Waals surface area contributed by atoms with Crippen molar-refractivity contribution in [2.24, 2.45) is 0 Å². The molecule has 0 spiro atoms. The second-order valence-electron chi connectivity index (χ2n) is 5.01. The number of para-hydroxylation sites is 1. The molecule has 0 saturated heterocycles. The molecule has 1 unspecified atom stereocenters. The number of nitrogen functional groups attached to an aromatic ring is 1. The fourth-order valence-corrected chi connectivity index (χ4v) is 2.12. The number of anilines is 1. The molecule has 3 N–H and O–H groups in total. The van der Waals surface area contributed by atoms with Crippen molar-refractivity contribution in [1.29, 1.82) is 0 Å². The Hall–Kier alpha value is -2.49. The van der Waals surface area contributed by atoms with E-state index in [1.54, 1.807) is 12.1 Å². The Bertz CT molecular complexity index is 652. The van der Waals surface area contributed by atoms with Crippen LogP contribution in [-0.2, 0) is 0 Å². The molecule has 0 radical (unpaired) electrons. The van der Waals surface area contributed by atoms with Crippen LogP contribution in [0.5, 0.6) is 11.5 Å². The van der Waals surface area contributed by atoms with Crippen molar-refractivity contribution in [3.05, 3.63) is 53.6 Å². The highest BCUT2D eigenvalue weighted by molar-refractivity contribution is 5.92. The molecular weight excluding hydrogens is 266 g/mol. The van der Waals surface area contributed by atoms with Crippen molar-refractivity contribution >= 4 is 11.7 Å². The first-order valence-electron chi connectivity index (χ1n) is 6.92. The van der Waals surface area contributed by atoms with Crippen molar-refractivity contribution in [2.75, 3.05) is 5.73 Å². The summed E-state index contributed by atoms with van der Waals surface area (Å²) in [5.74, 6) is 0.258. The maximum Gasteiger partial charge on any atom is 0.339 e. The van der Waals surface area contributed by atoms with Gasteiger partial charge in [-0.15, -0.1) is 0 Å². The molecule has 0 amide bonds. The van der Waals surface area contributed by atoms with Gasteiger partial charge in [-0.1, -0.05) is 32.0 Å². The third-order valence-corrected chi connectivity index (χ3v) is 3.52. The standard InChI is InChI=1S/C17H19NO3/c1-3-11(2)13-6-4-5-7-15(13)21-16-9-8-12(18)10-14(16)17(19)20/h4-11H,3,18H2,1-2H3,(H,19,20). The van der Waals surface area contributed by atoms with Crippen molar-refractivity contribution < 1.29 is 14.6 Å². The Balaban J connectivity index is 2.41. The average molecular weight is 285 g/mol. The van der Waals surface area contributed by atoms with E-state index in [-0.39, 0.29) is 5.56 Å². The average Bonchev–Trinajstić information content (AvgIpc) is 2.48. The Morgan fingerprint density at radius 2 is 1.95 bits per heavy atom. The monoisotopic (exact) mass is 285 g/mol. The molecule has 0 aliphatic carbocycles. The fourth-order valence-electron chi connectivity index (χ4n) is 2.12. The van der Waals surface area contributed by atoms with Crippen LogP contribution in [0.1, 0.15) is 42.1 Å². The largest absolute Gasteiger partial charge is 0.478 e. The number of hydrogen-bond donors (Lipinski definition) is 2. The lowest BCUT2D eigenvalue weighted by Gasteiger charge is -2.16. The molecule has 21 heavy (non-hydrogen) atoms. The number of hydrogen-bond acceptors (Lipinski definition) is 3. The van der Waals surface area contributed by atoms with Gasteiger partial charge in [-0.05, 0) is 42.2 Å². The number of benzene rings is 2. The topological polar surface area (TPSA) is 72.5 Å². The Morgan fingerprint density at radius 3 is 2.62 bits per heavy atom. The predicted octanol–water partition coefficient (Wildman–Crippen LogP) is 4.27. The first-order chi connectivity index (χ1) is 10.0. The molecular formula is C17H19NO3. The Labute approximate surface area is 124 Å². The molecule has 4 nitrogen and oxygen atoms in total. The molecule has 0 fully saturated rings. The van der Waals surface area contributed by atoms with Crippen LogP contribution >= 0.6 is 0 Å². The van der Waals surface area contributed by atoms with Crippen LogP contribution < -0.4 is 10.5 Å². The summed E-state index contributed by atoms with van der Waals surface area (Å²) in [6.45, 7) is 4.22. The van der Waals surface area contributed by atoms with E-state index < -0.39 is 5.97 Å². The van der Waals surface area contributed by atoms with Gasteiger partial charge in [-0.25, -0.2) is 4.79 Å². The van der Waals surface area contributed by atoms with Gasteiger partial charge in [-0.3, -0.25) is 0 Å². The zero-order valence-corrected chi connectivity index (χ0v) is 12.2. The summed E-state index contributed by atoms with van der Waals surface area (Å²) in [7, 11) is 0. The zero-order chi connectivity index (χ0) is 15.4. The summed E-state index contributed by atoms with van der Waals surface area (Å²) in [6, 6.07) is 12.3. The van der Waals surface area contributed by atoms with Crippen LogP contribution in [-0.4, -0.2) is 11.1 Å². The van der Waals surface area contributed by atoms with E-state index in [9.17, 15) is 9.90 Å². The van der Waals surface area contributed by atoms with Gasteiger partial charge in [0.1, 0.15) is 17.1 Å². The molecule has 0 aliphatic heterocycles. The zero-order valence-electron chi connectivity index (χ0n) is 12.2. The van der Waals surface area contributed by atoms with E-state index in [4.69, 9.17) is 10.5 Å². The van der Waals surface area contributed by atoms with Gasteiger partial charge in [0.05, 0.1) is 0 Å². The molecule has 0 saturated carbocycles. The number of carbonyl (C=O) groups is 1. The SMILES string of the molecule is CCC(C)c1ccccc1Oc1ccc(N)cc1C(=O)O. The summed E-state index contributed by atoms with van der Waals surface area (Å²) in [5, 5.41) is 9.26. The van der Waals surface area contributed by atoms with Crippen LogP contribution in [0.3, 0.4) is 0 Å². The van der Waals surface area contributed by atoms with Crippen molar-refractivity contribution in [2.45, 2.75) is 26.2 Å². The number of nitrogens with two attached hydrogens (primary N) is 1. The second kappa shape index (κ2) is 6.31. The highest BCUT2D eigenvalue weighted by Gasteiger charge is 2.15. The van der Waals surface area contributed by atoms with Gasteiger partial charge in [0, 0.05) is 5.69 Å². The highest BCUT2D eigenvalue weighted by atomic mass is 16.5. The minimum atomic E-state index is -1.06. The van der Waals surface area contributed by atoms with Crippen molar-refractivity contribution in [3.63, 3.8) is 0 Å². The van der Waals surface area contributed by atoms with E-state index in [0.717, 1.165) is 12.0 Å². The highest BCUT2D eigenvalue weighted by Crippen LogP contribution is 2.33. The van der Waals surface area contributed by atoms with E-state index in [2.05, 4.69) is 13.8 Å². The Kier molecular flexibility index (Phi) is 4.48. The molecule has 2 aromatic carbocycles. The molecule has 0 heterocycles. The predicted molar refractivity (Wildman–Crippen MR) is 83.0 cm³/mol. The molecule has 1 atom stereocenters. The summed E-state index contributed by atoms with van der Waals surface area (Å²) < 4.78 is 5.84. The summed E-state index contributed by atoms with van der Waals surface area (Å²) in [5.41, 5.74) is 7.16. The quantitative estimate of drug-likeness (QED) is 0.804. The fraction of sp³-hybridized carbons (Fsp3) is 0.235. The minimum absolute atomic E-state index is 0.0638. The maximum atomic E-state index is 11.3. The molecule has 4 heteroatoms. The summed E-state index contributed by atoms with van der Waals surface area (Å²) in [4.78, 5) is 11.3. The smallest absolute Gasteiger partial charge is 0.339 e. The van der Waals surface area contributed by atoms with E-state index >= 15 is 0 Å². The van der Waals surface area contributed by atoms with Crippen molar-refractivity contribution in [3.8, 4) is 11.5 Å². The Morgan fingerprint density at radius 1 is 1.24 bits per heavy atom. The lowest BCUT2D eigenvalue weighted by Crippen LogP contribution is -2.03. The summed E-state index contributed by atoms with van der Waals surface area (Å²) in [6.07, 6.45) is 0.980. The number of carboxylic acid groups (broad SMARTS) is 1. The molecule has 110 valence electrons. The summed E-state index contributed by atoms with van der Waals surface area (Å²) >= 11 is 0. The first kappa shape index (κ1) is 14.9. The third kappa shape index (κ3) is 3.34. The van der Waals surface area contributed by atoms with E-state index in [1.165, 1.54) is 6.07 Å². The lowest BCUT2D eigenvalue weighted by molar-refractivity contribution is 0.0694. The van der Waals surface area contributed by atoms with E-state index in [0.29, 0.717) is 23.1 Å². The van der Waals surface area contributed by atoms with Gasteiger partial charge >= 0.3 is 5.97 Å². The van der Waals surface area contributed by atoms with E-state index in [1.807, 2.05) is 24.3 Å². The number of aromatic carboxylic acids is 1.